The number of ether oxygens (including phenoxy) is 2. The van der Waals surface area contributed by atoms with E-state index < -0.39 is 45.9 Å². The number of hydrogen-bond acceptors (Lipinski definition) is 9. The van der Waals surface area contributed by atoms with Gasteiger partial charge in [0.05, 0.1) is 26.2 Å². The van der Waals surface area contributed by atoms with Crippen LogP contribution in [0, 0.1) is 13.8 Å². The number of rotatable bonds is 6. The Hall–Kier alpha value is -4.15. The quantitative estimate of drug-likeness (QED) is 0.327. The van der Waals surface area contributed by atoms with Gasteiger partial charge in [-0.3, -0.25) is 14.2 Å². The van der Waals surface area contributed by atoms with Gasteiger partial charge in [-0.1, -0.05) is 6.07 Å². The fourth-order valence-corrected chi connectivity index (χ4v) is 7.52. The number of halogens is 3. The van der Waals surface area contributed by atoms with Crippen LogP contribution in [0.2, 0.25) is 0 Å². The van der Waals surface area contributed by atoms with Gasteiger partial charge < -0.3 is 14.6 Å². The summed E-state index contributed by atoms with van der Waals surface area (Å²) in [6.07, 6.45) is -0.0941. The molecule has 6 heterocycles. The first-order chi connectivity index (χ1) is 21.3. The van der Waals surface area contributed by atoms with E-state index in [0.29, 0.717) is 54.0 Å². The molecule has 1 saturated heterocycles. The number of nitrogens with zero attached hydrogens (tertiary/aromatic N) is 6. The molecule has 0 amide bonds. The van der Waals surface area contributed by atoms with E-state index in [2.05, 4.69) is 20.2 Å². The van der Waals surface area contributed by atoms with Crippen molar-refractivity contribution in [1.82, 2.24) is 28.9 Å². The van der Waals surface area contributed by atoms with Gasteiger partial charge in [-0.15, -0.1) is 10.2 Å². The second kappa shape index (κ2) is 11.3. The van der Waals surface area contributed by atoms with Crippen molar-refractivity contribution in [2.45, 2.75) is 62.2 Å². The van der Waals surface area contributed by atoms with Crippen molar-refractivity contribution in [3.05, 3.63) is 76.6 Å². The van der Waals surface area contributed by atoms with Crippen molar-refractivity contribution in [3.63, 3.8) is 0 Å². The third kappa shape index (κ3) is 5.73. The number of aryl methyl sites for hydroxylation is 2. The minimum atomic E-state index is -4.73. The Balaban J connectivity index is 1.41. The van der Waals surface area contributed by atoms with Gasteiger partial charge in [0, 0.05) is 49.6 Å². The third-order valence-corrected chi connectivity index (χ3v) is 10.2. The zero-order chi connectivity index (χ0) is 32.1. The van der Waals surface area contributed by atoms with Crippen LogP contribution in [-0.2, 0) is 32.3 Å². The molecule has 0 aromatic carbocycles. The topological polar surface area (TPSA) is 149 Å². The molecule has 0 saturated carbocycles. The number of carboxylic acids is 1. The van der Waals surface area contributed by atoms with Crippen molar-refractivity contribution >= 4 is 21.6 Å². The molecular weight excluding hydrogens is 617 g/mol. The number of hydrogen-bond donors (Lipinski definition) is 1. The molecule has 238 valence electrons. The average molecular weight is 647 g/mol. The maximum absolute atomic E-state index is 14.0. The highest BCUT2D eigenvalue weighted by atomic mass is 32.2. The van der Waals surface area contributed by atoms with Gasteiger partial charge in [0.15, 0.2) is 5.65 Å². The zero-order valence-corrected chi connectivity index (χ0v) is 25.1. The normalized spacial score (nSPS) is 18.7. The summed E-state index contributed by atoms with van der Waals surface area (Å²) in [5.74, 6) is -3.14. The standard InChI is InChI=1S/C29H29F3N6O6S/c1-17-21(5-9-38-25(17)35-36-27(38)29(30,31)32)22(13-24(39)40)19-12-20(18(2)34-14-19)15-37-16-28(6-10-43-11-7-28)44-26-23(45(37,41)42)4-3-8-33-26/h3-5,8-9,12,14,22H,6-7,10-11,13,15-16H2,1-2H3,(H,39,40)/t22-/m0/s1. The molecule has 4 aromatic rings. The number of sulfonamides is 1. The van der Waals surface area contributed by atoms with Crippen LogP contribution in [0.5, 0.6) is 5.88 Å². The van der Waals surface area contributed by atoms with Crippen molar-refractivity contribution in [2.24, 2.45) is 0 Å². The van der Waals surface area contributed by atoms with E-state index in [1.54, 1.807) is 19.9 Å². The van der Waals surface area contributed by atoms with Crippen LogP contribution < -0.4 is 4.74 Å². The summed E-state index contributed by atoms with van der Waals surface area (Å²) in [5, 5.41) is 16.8. The summed E-state index contributed by atoms with van der Waals surface area (Å²) >= 11 is 0. The minimum absolute atomic E-state index is 0.0278. The third-order valence-electron chi connectivity index (χ3n) is 8.37. The molecule has 45 heavy (non-hydrogen) atoms. The molecule has 2 aliphatic rings. The van der Waals surface area contributed by atoms with Gasteiger partial charge in [0.25, 0.3) is 0 Å². The Bertz CT molecular complexity index is 1890. The first kappa shape index (κ1) is 30.9. The molecular formula is C29H29F3N6O6S. The lowest BCUT2D eigenvalue weighted by Crippen LogP contribution is -2.50. The van der Waals surface area contributed by atoms with Crippen LogP contribution in [0.3, 0.4) is 0 Å². The summed E-state index contributed by atoms with van der Waals surface area (Å²) in [7, 11) is -4.08. The van der Waals surface area contributed by atoms with Gasteiger partial charge in [0.2, 0.25) is 21.7 Å². The molecule has 1 spiro atoms. The van der Waals surface area contributed by atoms with Crippen molar-refractivity contribution in [1.29, 1.82) is 0 Å². The average Bonchev–Trinajstić information content (AvgIpc) is 3.41. The first-order valence-electron chi connectivity index (χ1n) is 14.1. The summed E-state index contributed by atoms with van der Waals surface area (Å²) in [6.45, 7) is 4.00. The molecule has 4 aromatic heterocycles. The molecule has 2 aliphatic heterocycles. The smallest absolute Gasteiger partial charge is 0.452 e. The van der Waals surface area contributed by atoms with Gasteiger partial charge in [-0.05, 0) is 54.3 Å². The molecule has 1 N–H and O–H groups in total. The predicted molar refractivity (Wildman–Crippen MR) is 151 cm³/mol. The van der Waals surface area contributed by atoms with E-state index in [0.717, 1.165) is 4.40 Å². The van der Waals surface area contributed by atoms with E-state index in [-0.39, 0.29) is 29.5 Å². The number of alkyl halides is 3. The maximum Gasteiger partial charge on any atom is 0.452 e. The Morgan fingerprint density at radius 2 is 1.91 bits per heavy atom. The summed E-state index contributed by atoms with van der Waals surface area (Å²) in [5.41, 5.74) is 1.34. The molecule has 0 unspecified atom stereocenters. The second-order valence-corrected chi connectivity index (χ2v) is 13.2. The summed E-state index contributed by atoms with van der Waals surface area (Å²) < 4.78 is 82.3. The largest absolute Gasteiger partial charge is 0.481 e. The van der Waals surface area contributed by atoms with E-state index in [9.17, 15) is 31.5 Å². The Kier molecular flexibility index (Phi) is 7.77. The molecule has 0 aliphatic carbocycles. The van der Waals surface area contributed by atoms with Crippen molar-refractivity contribution in [2.75, 3.05) is 19.8 Å². The fraction of sp³-hybridized carbons (Fsp3) is 0.414. The van der Waals surface area contributed by atoms with E-state index in [1.165, 1.54) is 41.1 Å². The predicted octanol–water partition coefficient (Wildman–Crippen LogP) is 3.89. The molecule has 0 radical (unpaired) electrons. The highest BCUT2D eigenvalue weighted by Crippen LogP contribution is 2.39. The molecule has 6 rings (SSSR count). The Morgan fingerprint density at radius 3 is 2.62 bits per heavy atom. The molecule has 1 atom stereocenters. The van der Waals surface area contributed by atoms with Crippen molar-refractivity contribution < 1.29 is 41.0 Å². The van der Waals surface area contributed by atoms with Gasteiger partial charge in [-0.25, -0.2) is 13.4 Å². The fourth-order valence-electron chi connectivity index (χ4n) is 5.96. The monoisotopic (exact) mass is 646 g/mol. The number of aliphatic carboxylic acids is 1. The van der Waals surface area contributed by atoms with E-state index in [4.69, 9.17) is 9.47 Å². The highest BCUT2D eigenvalue weighted by molar-refractivity contribution is 7.89. The molecule has 0 bridgehead atoms. The Morgan fingerprint density at radius 1 is 1.16 bits per heavy atom. The van der Waals surface area contributed by atoms with Crippen LogP contribution in [-0.4, -0.2) is 73.7 Å². The number of carboxylic acid groups (broad SMARTS) is 1. The lowest BCUT2D eigenvalue weighted by molar-refractivity contribution is -0.145. The number of carbonyl (C=O) groups is 1. The summed E-state index contributed by atoms with van der Waals surface area (Å²) in [6, 6.07) is 6.09. The maximum atomic E-state index is 14.0. The van der Waals surface area contributed by atoms with Gasteiger partial charge >= 0.3 is 12.1 Å². The van der Waals surface area contributed by atoms with Gasteiger partial charge in [-0.2, -0.15) is 17.5 Å². The Labute approximate surface area is 255 Å². The van der Waals surface area contributed by atoms with Crippen LogP contribution in [0.15, 0.2) is 47.8 Å². The van der Waals surface area contributed by atoms with Crippen LogP contribution in [0.4, 0.5) is 13.2 Å². The second-order valence-electron chi connectivity index (χ2n) is 11.3. The van der Waals surface area contributed by atoms with Crippen LogP contribution in [0.25, 0.3) is 5.65 Å². The van der Waals surface area contributed by atoms with E-state index >= 15 is 0 Å². The lowest BCUT2D eigenvalue weighted by Gasteiger charge is -2.38. The van der Waals surface area contributed by atoms with Crippen LogP contribution >= 0.6 is 0 Å². The molecule has 16 heteroatoms. The summed E-state index contributed by atoms with van der Waals surface area (Å²) in [4.78, 5) is 20.7. The zero-order valence-electron chi connectivity index (χ0n) is 24.3. The minimum Gasteiger partial charge on any atom is -0.481 e. The van der Waals surface area contributed by atoms with Crippen LogP contribution in [0.1, 0.15) is 59.0 Å². The number of aromatic nitrogens is 5. The first-order valence-corrected chi connectivity index (χ1v) is 15.5. The SMILES string of the molecule is Cc1ncc([C@H](CC(=O)O)c2ccn3c(C(F)(F)F)nnc3c2C)cc1CN1CC2(CCOCC2)Oc2ncccc2S1(=O)=O. The number of pyridine rings is 3. The van der Waals surface area contributed by atoms with E-state index in [1.807, 2.05) is 0 Å². The molecule has 1 fully saturated rings. The van der Waals surface area contributed by atoms with Gasteiger partial charge in [0.1, 0.15) is 10.5 Å². The molecule has 12 nitrogen and oxygen atoms in total. The highest BCUT2D eigenvalue weighted by Gasteiger charge is 2.45. The van der Waals surface area contributed by atoms with Crippen molar-refractivity contribution in [3.8, 4) is 5.88 Å². The lowest BCUT2D eigenvalue weighted by atomic mass is 9.86. The number of fused-ring (bicyclic) bond motifs is 2.